The summed E-state index contributed by atoms with van der Waals surface area (Å²) < 4.78 is 11.2. The van der Waals surface area contributed by atoms with Crippen molar-refractivity contribution in [3.63, 3.8) is 0 Å². The second kappa shape index (κ2) is 14.0. The maximum absolute atomic E-state index is 13.3. The molecule has 6 heteroatoms. The van der Waals surface area contributed by atoms with Crippen molar-refractivity contribution in [2.24, 2.45) is 0 Å². The van der Waals surface area contributed by atoms with E-state index in [0.29, 0.717) is 12.0 Å². The highest BCUT2D eigenvalue weighted by Gasteiger charge is 2.22. The van der Waals surface area contributed by atoms with Crippen LogP contribution in [0.3, 0.4) is 0 Å². The van der Waals surface area contributed by atoms with Gasteiger partial charge in [0.1, 0.15) is 12.2 Å². The Morgan fingerprint density at radius 1 is 0.944 bits per heavy atom. The molecule has 196 valence electrons. The van der Waals surface area contributed by atoms with Gasteiger partial charge in [0.05, 0.1) is 17.3 Å². The summed E-state index contributed by atoms with van der Waals surface area (Å²) in [6.07, 6.45) is 13.2. The van der Waals surface area contributed by atoms with Gasteiger partial charge in [0.15, 0.2) is 0 Å². The molecule has 0 radical (unpaired) electrons. The zero-order valence-corrected chi connectivity index (χ0v) is 22.2. The summed E-state index contributed by atoms with van der Waals surface area (Å²) in [4.78, 5) is 30.4. The minimum Gasteiger partial charge on any atom is -0.460 e. The van der Waals surface area contributed by atoms with Crippen LogP contribution in [0.4, 0.5) is 4.79 Å². The van der Waals surface area contributed by atoms with Gasteiger partial charge in [-0.1, -0.05) is 68.9 Å². The summed E-state index contributed by atoms with van der Waals surface area (Å²) in [5.41, 5.74) is 2.87. The second-order valence-corrected chi connectivity index (χ2v) is 10.8. The van der Waals surface area contributed by atoms with Gasteiger partial charge in [-0.3, -0.25) is 4.98 Å². The van der Waals surface area contributed by atoms with Gasteiger partial charge in [-0.15, -0.1) is 0 Å². The van der Waals surface area contributed by atoms with E-state index >= 15 is 0 Å². The molecule has 0 unspecified atom stereocenters. The van der Waals surface area contributed by atoms with Gasteiger partial charge in [0.2, 0.25) is 0 Å². The molecule has 1 aliphatic heterocycles. The number of carbonyl (C=O) groups is 2. The molecule has 6 nitrogen and oxygen atoms in total. The Bertz CT molecular complexity index is 969. The van der Waals surface area contributed by atoms with Crippen molar-refractivity contribution in [1.29, 1.82) is 0 Å². The number of hydrogen-bond donors (Lipinski definition) is 1. The van der Waals surface area contributed by atoms with E-state index in [1.165, 1.54) is 32.1 Å². The summed E-state index contributed by atoms with van der Waals surface area (Å²) in [6.45, 7) is 5.52. The minimum absolute atomic E-state index is 0.0522. The van der Waals surface area contributed by atoms with Gasteiger partial charge in [-0.25, -0.2) is 9.59 Å². The Balaban J connectivity index is 1.71. The van der Waals surface area contributed by atoms with Gasteiger partial charge < -0.3 is 14.8 Å². The number of nitrogens with one attached hydrogen (secondary N) is 1. The van der Waals surface area contributed by atoms with Gasteiger partial charge >= 0.3 is 12.1 Å². The molecular weight excluding hydrogens is 452 g/mol. The average molecular weight is 495 g/mol. The number of fused-ring (bicyclic) bond motifs is 11. The lowest BCUT2D eigenvalue weighted by Crippen LogP contribution is -2.43. The number of amides is 1. The Morgan fingerprint density at radius 3 is 2.25 bits per heavy atom. The van der Waals surface area contributed by atoms with Crippen LogP contribution in [0.1, 0.15) is 99.3 Å². The normalized spacial score (nSPS) is 16.0. The summed E-state index contributed by atoms with van der Waals surface area (Å²) in [6, 6.07) is 11.4. The molecule has 1 atom stereocenters. The highest BCUT2D eigenvalue weighted by atomic mass is 16.6. The predicted molar refractivity (Wildman–Crippen MR) is 142 cm³/mol. The largest absolute Gasteiger partial charge is 0.460 e. The van der Waals surface area contributed by atoms with E-state index in [-0.39, 0.29) is 12.6 Å². The Morgan fingerprint density at radius 2 is 1.58 bits per heavy atom. The molecule has 1 aromatic heterocycles. The standard InChI is InChI=1S/C30H42N2O4/c1-30(2,3)36-29(34)32-25(19-23-15-12-10-13-16-23)22-35-28(33)26-20-24-17-11-8-6-4-5-7-9-14-18-27(26)31-21-24/h10,12-13,15-16,20-21,25H,4-9,11,14,17-19,22H2,1-3H3,(H,32,34)/t25-/m0/s1. The van der Waals surface area contributed by atoms with Crippen LogP contribution in [0, 0.1) is 0 Å². The smallest absolute Gasteiger partial charge is 0.408 e. The molecule has 2 bridgehead atoms. The SMILES string of the molecule is CC(C)(C)OC(=O)N[C@H](COC(=O)c1cc2cnc1CCCCCCCCCC2)Cc1ccccc1. The maximum atomic E-state index is 13.3. The fraction of sp³-hybridized carbons (Fsp3) is 0.567. The number of alkyl carbamates (subject to hydrolysis) is 1. The fourth-order valence-electron chi connectivity index (χ4n) is 4.51. The van der Waals surface area contributed by atoms with Crippen LogP contribution in [0.15, 0.2) is 42.6 Å². The van der Waals surface area contributed by atoms with Crippen molar-refractivity contribution >= 4 is 12.1 Å². The van der Waals surface area contributed by atoms with E-state index in [2.05, 4.69) is 10.3 Å². The minimum atomic E-state index is -0.612. The Hall–Kier alpha value is -2.89. The van der Waals surface area contributed by atoms with E-state index in [4.69, 9.17) is 9.47 Å². The molecule has 1 aliphatic carbocycles. The summed E-state index contributed by atoms with van der Waals surface area (Å²) in [7, 11) is 0. The third kappa shape index (κ3) is 10.00. The van der Waals surface area contributed by atoms with Gasteiger partial charge in [-0.05, 0) is 70.1 Å². The molecule has 2 aliphatic rings. The number of carbonyl (C=O) groups excluding carboxylic acids is 2. The summed E-state index contributed by atoms with van der Waals surface area (Å²) in [5, 5.41) is 2.88. The Kier molecular flexibility index (Phi) is 10.8. The Labute approximate surface area is 216 Å². The van der Waals surface area contributed by atoms with Crippen LogP contribution >= 0.6 is 0 Å². The van der Waals surface area contributed by atoms with E-state index in [9.17, 15) is 9.59 Å². The summed E-state index contributed by atoms with van der Waals surface area (Å²) in [5.74, 6) is -0.379. The van der Waals surface area contributed by atoms with Crippen molar-refractivity contribution in [3.8, 4) is 0 Å². The van der Waals surface area contributed by atoms with Crippen molar-refractivity contribution in [1.82, 2.24) is 10.3 Å². The number of esters is 1. The van der Waals surface area contributed by atoms with Gasteiger partial charge in [0.25, 0.3) is 0 Å². The first-order chi connectivity index (χ1) is 17.3. The van der Waals surface area contributed by atoms with Crippen LogP contribution in [0.25, 0.3) is 0 Å². The second-order valence-electron chi connectivity index (χ2n) is 10.8. The van der Waals surface area contributed by atoms with Crippen LogP contribution in [0.2, 0.25) is 0 Å². The van der Waals surface area contributed by atoms with Crippen molar-refractivity contribution < 1.29 is 19.1 Å². The number of aryl methyl sites for hydroxylation is 2. The third-order valence-electron chi connectivity index (χ3n) is 6.34. The maximum Gasteiger partial charge on any atom is 0.408 e. The van der Waals surface area contributed by atoms with Crippen molar-refractivity contribution in [3.05, 3.63) is 65.0 Å². The zero-order chi connectivity index (χ0) is 25.8. The molecule has 36 heavy (non-hydrogen) atoms. The molecule has 2 heterocycles. The van der Waals surface area contributed by atoms with Crippen LogP contribution in [-0.2, 0) is 28.7 Å². The van der Waals surface area contributed by atoms with E-state index in [1.807, 2.05) is 63.4 Å². The van der Waals surface area contributed by atoms with E-state index < -0.39 is 17.7 Å². The van der Waals surface area contributed by atoms with Gasteiger partial charge in [-0.2, -0.15) is 0 Å². The van der Waals surface area contributed by atoms with Crippen molar-refractivity contribution in [2.75, 3.05) is 6.61 Å². The lowest BCUT2D eigenvalue weighted by Gasteiger charge is -2.24. The highest BCUT2D eigenvalue weighted by Crippen LogP contribution is 2.19. The molecule has 0 fully saturated rings. The number of aromatic nitrogens is 1. The first-order valence-corrected chi connectivity index (χ1v) is 13.5. The van der Waals surface area contributed by atoms with Crippen LogP contribution in [-0.4, -0.2) is 35.3 Å². The first kappa shape index (κ1) is 27.7. The fourth-order valence-corrected chi connectivity index (χ4v) is 4.51. The average Bonchev–Trinajstić information content (AvgIpc) is 2.83. The van der Waals surface area contributed by atoms with E-state index in [1.54, 1.807) is 0 Å². The van der Waals surface area contributed by atoms with Crippen LogP contribution in [0.5, 0.6) is 0 Å². The lowest BCUT2D eigenvalue weighted by atomic mass is 9.99. The zero-order valence-electron chi connectivity index (χ0n) is 22.2. The molecule has 1 amide bonds. The predicted octanol–water partition coefficient (Wildman–Crippen LogP) is 6.59. The molecule has 1 N–H and O–H groups in total. The first-order valence-electron chi connectivity index (χ1n) is 13.5. The van der Waals surface area contributed by atoms with Gasteiger partial charge in [0, 0.05) is 6.20 Å². The number of pyridine rings is 1. The number of hydrogen-bond acceptors (Lipinski definition) is 5. The number of benzene rings is 1. The topological polar surface area (TPSA) is 77.5 Å². The van der Waals surface area contributed by atoms with E-state index in [0.717, 1.165) is 48.9 Å². The monoisotopic (exact) mass is 494 g/mol. The molecule has 4 rings (SSSR count). The molecule has 0 saturated carbocycles. The third-order valence-corrected chi connectivity index (χ3v) is 6.34. The molecule has 0 saturated heterocycles. The number of rotatable bonds is 6. The van der Waals surface area contributed by atoms with Crippen molar-refractivity contribution in [2.45, 2.75) is 103 Å². The quantitative estimate of drug-likeness (QED) is 0.458. The highest BCUT2D eigenvalue weighted by molar-refractivity contribution is 5.90. The molecule has 1 aromatic carbocycles. The molecule has 2 aromatic rings. The van der Waals surface area contributed by atoms with Crippen LogP contribution < -0.4 is 5.32 Å². The number of ether oxygens (including phenoxy) is 2. The lowest BCUT2D eigenvalue weighted by molar-refractivity contribution is 0.0368. The number of nitrogens with zero attached hydrogens (tertiary/aromatic N) is 1. The molecule has 0 spiro atoms. The molecular formula is C30H42N2O4. The summed E-state index contributed by atoms with van der Waals surface area (Å²) >= 11 is 0.